The van der Waals surface area contributed by atoms with E-state index in [4.69, 9.17) is 4.74 Å². The predicted octanol–water partition coefficient (Wildman–Crippen LogP) is 5.70. The minimum Gasteiger partial charge on any atom is -0.492 e. The van der Waals surface area contributed by atoms with Gasteiger partial charge < -0.3 is 9.64 Å². The average molecular weight is 590 g/mol. The summed E-state index contributed by atoms with van der Waals surface area (Å²) in [6, 6.07) is 17.5. The van der Waals surface area contributed by atoms with Crippen molar-refractivity contribution in [2.45, 2.75) is 69.7 Å². The summed E-state index contributed by atoms with van der Waals surface area (Å²) < 4.78 is 7.62. The summed E-state index contributed by atoms with van der Waals surface area (Å²) in [5.41, 5.74) is 3.59. The van der Waals surface area contributed by atoms with Crippen LogP contribution in [0.5, 0.6) is 5.75 Å². The van der Waals surface area contributed by atoms with Crippen LogP contribution in [-0.4, -0.2) is 56.3 Å². The SMILES string of the molecule is O=C(/C=C/C1=CCC=C1)c1ccc(OCCn2cc(CN[C@@H]3C(=O)N(C4CCCCC4)[C@@H]3/C=C/c3ccccc3)nn2)cc1. The van der Waals surface area contributed by atoms with E-state index >= 15 is 0 Å². The number of aromatic nitrogens is 3. The van der Waals surface area contributed by atoms with Crippen molar-refractivity contribution in [2.75, 3.05) is 6.61 Å². The Morgan fingerprint density at radius 2 is 1.84 bits per heavy atom. The van der Waals surface area contributed by atoms with Gasteiger partial charge in [-0.05, 0) is 60.7 Å². The number of carbonyl (C=O) groups excluding carboxylic acids is 2. The Bertz CT molecular complexity index is 1550. The van der Waals surface area contributed by atoms with E-state index in [1.165, 1.54) is 19.3 Å². The highest BCUT2D eigenvalue weighted by Gasteiger charge is 2.48. The molecule has 0 bridgehead atoms. The van der Waals surface area contributed by atoms with Crippen LogP contribution in [0.25, 0.3) is 6.08 Å². The molecule has 2 aliphatic carbocycles. The van der Waals surface area contributed by atoms with E-state index in [-0.39, 0.29) is 23.8 Å². The fourth-order valence-electron chi connectivity index (χ4n) is 6.08. The maximum atomic E-state index is 13.3. The predicted molar refractivity (Wildman–Crippen MR) is 171 cm³/mol. The van der Waals surface area contributed by atoms with Gasteiger partial charge in [-0.3, -0.25) is 14.9 Å². The van der Waals surface area contributed by atoms with Crippen LogP contribution in [0.15, 0.2) is 103 Å². The number of β-lactam (4-membered cyclic amide) rings is 1. The molecule has 0 unspecified atom stereocenters. The molecule has 8 nitrogen and oxygen atoms in total. The quantitative estimate of drug-likeness (QED) is 0.156. The second-order valence-corrected chi connectivity index (χ2v) is 11.5. The zero-order chi connectivity index (χ0) is 30.1. The molecule has 2 atom stereocenters. The van der Waals surface area contributed by atoms with E-state index in [9.17, 15) is 9.59 Å². The van der Waals surface area contributed by atoms with Gasteiger partial charge in [-0.15, -0.1) is 5.10 Å². The van der Waals surface area contributed by atoms with Crippen LogP contribution >= 0.6 is 0 Å². The zero-order valence-electron chi connectivity index (χ0n) is 24.9. The molecule has 8 heteroatoms. The normalized spacial score (nSPS) is 20.4. The van der Waals surface area contributed by atoms with Crippen molar-refractivity contribution < 1.29 is 14.3 Å². The highest BCUT2D eigenvalue weighted by molar-refractivity contribution is 6.04. The second-order valence-electron chi connectivity index (χ2n) is 11.5. The Kier molecular flexibility index (Phi) is 9.57. The molecule has 2 aromatic carbocycles. The third-order valence-electron chi connectivity index (χ3n) is 8.48. The summed E-state index contributed by atoms with van der Waals surface area (Å²) in [7, 11) is 0. The fraction of sp³-hybridized carbons (Fsp3) is 0.333. The van der Waals surface area contributed by atoms with Crippen molar-refractivity contribution in [1.82, 2.24) is 25.2 Å². The van der Waals surface area contributed by atoms with Gasteiger partial charge in [-0.2, -0.15) is 0 Å². The maximum Gasteiger partial charge on any atom is 0.243 e. The molecule has 1 amide bonds. The third kappa shape index (κ3) is 7.32. The highest BCUT2D eigenvalue weighted by atomic mass is 16.5. The van der Waals surface area contributed by atoms with Crippen LogP contribution in [0.3, 0.4) is 0 Å². The van der Waals surface area contributed by atoms with E-state index in [0.29, 0.717) is 37.1 Å². The van der Waals surface area contributed by atoms with Gasteiger partial charge in [0, 0.05) is 24.3 Å². The lowest BCUT2D eigenvalue weighted by molar-refractivity contribution is -0.153. The number of benzene rings is 2. The van der Waals surface area contributed by atoms with E-state index in [2.05, 4.69) is 57.0 Å². The number of ether oxygens (including phenoxy) is 1. The minimum absolute atomic E-state index is 0.0220. The molecular weight excluding hydrogens is 550 g/mol. The van der Waals surface area contributed by atoms with Gasteiger partial charge in [0.1, 0.15) is 18.4 Å². The van der Waals surface area contributed by atoms with Crippen LogP contribution < -0.4 is 10.1 Å². The largest absolute Gasteiger partial charge is 0.492 e. The lowest BCUT2D eigenvalue weighted by Crippen LogP contribution is -2.71. The van der Waals surface area contributed by atoms with Crippen molar-refractivity contribution >= 4 is 17.8 Å². The molecule has 1 saturated heterocycles. The number of allylic oxidation sites excluding steroid dienone is 6. The highest BCUT2D eigenvalue weighted by Crippen LogP contribution is 2.32. The first kappa shape index (κ1) is 29.5. The molecule has 226 valence electrons. The van der Waals surface area contributed by atoms with Gasteiger partial charge >= 0.3 is 0 Å². The van der Waals surface area contributed by atoms with Crippen LogP contribution in [0.4, 0.5) is 0 Å². The Hall–Kier alpha value is -4.56. The molecule has 2 heterocycles. The molecule has 44 heavy (non-hydrogen) atoms. The number of hydrogen-bond donors (Lipinski definition) is 1. The monoisotopic (exact) mass is 589 g/mol. The van der Waals surface area contributed by atoms with Crippen molar-refractivity contribution in [2.24, 2.45) is 0 Å². The van der Waals surface area contributed by atoms with Gasteiger partial charge in [0.15, 0.2) is 5.78 Å². The zero-order valence-corrected chi connectivity index (χ0v) is 24.9. The average Bonchev–Trinajstić information content (AvgIpc) is 3.76. The van der Waals surface area contributed by atoms with Crippen molar-refractivity contribution in [3.8, 4) is 5.75 Å². The van der Waals surface area contributed by atoms with Gasteiger partial charge in [-0.25, -0.2) is 4.68 Å². The summed E-state index contributed by atoms with van der Waals surface area (Å²) in [6.07, 6.45) is 22.5. The number of nitrogens with one attached hydrogen (secondary N) is 1. The van der Waals surface area contributed by atoms with Crippen molar-refractivity contribution in [3.05, 3.63) is 120 Å². The van der Waals surface area contributed by atoms with Gasteiger partial charge in [0.2, 0.25) is 5.91 Å². The summed E-state index contributed by atoms with van der Waals surface area (Å²) in [4.78, 5) is 27.8. The van der Waals surface area contributed by atoms with Crippen molar-refractivity contribution in [1.29, 1.82) is 0 Å². The van der Waals surface area contributed by atoms with Crippen LogP contribution in [-0.2, 0) is 17.9 Å². The van der Waals surface area contributed by atoms with Crippen LogP contribution in [0.2, 0.25) is 0 Å². The van der Waals surface area contributed by atoms with E-state index in [1.54, 1.807) is 35.0 Å². The van der Waals surface area contributed by atoms with Gasteiger partial charge in [0.05, 0.1) is 18.3 Å². The minimum atomic E-state index is -0.271. The smallest absolute Gasteiger partial charge is 0.243 e. The van der Waals surface area contributed by atoms with Crippen LogP contribution in [0, 0.1) is 0 Å². The Morgan fingerprint density at radius 1 is 1.02 bits per heavy atom. The first-order valence-electron chi connectivity index (χ1n) is 15.6. The third-order valence-corrected chi connectivity index (χ3v) is 8.48. The number of hydrogen-bond acceptors (Lipinski definition) is 6. The van der Waals surface area contributed by atoms with Gasteiger partial charge in [-0.1, -0.05) is 91.3 Å². The molecule has 1 N–H and O–H groups in total. The van der Waals surface area contributed by atoms with Gasteiger partial charge in [0.25, 0.3) is 0 Å². The lowest BCUT2D eigenvalue weighted by atomic mass is 9.85. The summed E-state index contributed by atoms with van der Waals surface area (Å²) >= 11 is 0. The topological polar surface area (TPSA) is 89.4 Å². The maximum absolute atomic E-state index is 13.3. The molecule has 3 aliphatic rings. The molecule has 1 aliphatic heterocycles. The van der Waals surface area contributed by atoms with E-state index < -0.39 is 0 Å². The van der Waals surface area contributed by atoms with Crippen molar-refractivity contribution in [3.63, 3.8) is 0 Å². The lowest BCUT2D eigenvalue weighted by Gasteiger charge is -2.51. The second kappa shape index (κ2) is 14.3. The first-order chi connectivity index (χ1) is 21.6. The molecule has 0 spiro atoms. The molecule has 6 rings (SSSR count). The van der Waals surface area contributed by atoms with E-state index in [0.717, 1.165) is 36.1 Å². The molecular formula is C36H39N5O3. The summed E-state index contributed by atoms with van der Waals surface area (Å²) in [6.45, 7) is 1.40. The summed E-state index contributed by atoms with van der Waals surface area (Å²) in [5.74, 6) is 0.826. The number of amides is 1. The number of carbonyl (C=O) groups is 2. The molecule has 1 saturated carbocycles. The summed E-state index contributed by atoms with van der Waals surface area (Å²) in [5, 5.41) is 12.0. The molecule has 1 aromatic heterocycles. The van der Waals surface area contributed by atoms with Crippen LogP contribution in [0.1, 0.15) is 60.1 Å². The Labute approximate surface area is 258 Å². The number of nitrogens with zero attached hydrogens (tertiary/aromatic N) is 4. The first-order valence-corrected chi connectivity index (χ1v) is 15.6. The number of likely N-dealkylation sites (tertiary alicyclic amines) is 1. The Balaban J connectivity index is 0.983. The molecule has 2 fully saturated rings. The molecule has 0 radical (unpaired) electrons. The number of rotatable bonds is 13. The fourth-order valence-corrected chi connectivity index (χ4v) is 6.08. The van der Waals surface area contributed by atoms with E-state index in [1.807, 2.05) is 36.5 Å². The Morgan fingerprint density at radius 3 is 2.61 bits per heavy atom. The number of ketones is 1. The standard InChI is InChI=1S/C36H39N5O3/c42-34(22-16-28-11-7-8-12-28)29-17-19-32(20-18-29)44-24-23-40-26-30(38-39-40)25-37-35-33(21-15-27-9-3-1-4-10-27)41(36(35)43)31-13-5-2-6-14-31/h1,3-4,7,9-12,15-22,26,31,33,35,37H,2,5-6,8,13-14,23-25H2/b21-15+,22-16+/t33-,35+/m1/s1. The molecule has 3 aromatic rings.